The minimum Gasteiger partial charge on any atom is -0.507 e. The highest BCUT2D eigenvalue weighted by atomic mass is 16.6. The van der Waals surface area contributed by atoms with E-state index in [4.69, 9.17) is 18.9 Å². The molecule has 2 aliphatic carbocycles. The fraction of sp³-hybridized carbons (Fsp3) is 0.371. The van der Waals surface area contributed by atoms with E-state index in [0.29, 0.717) is 0 Å². The second-order valence-corrected chi connectivity index (χ2v) is 13.3. The van der Waals surface area contributed by atoms with Gasteiger partial charge in [-0.05, 0) is 25.8 Å². The zero-order chi connectivity index (χ0) is 35.1. The number of benzene rings is 2. The first-order chi connectivity index (χ1) is 23.1. The topological polar surface area (TPSA) is 220 Å². The molecule has 0 bridgehead atoms. The van der Waals surface area contributed by atoms with Gasteiger partial charge in [-0.2, -0.15) is 0 Å². The van der Waals surface area contributed by atoms with E-state index >= 15 is 0 Å². The minimum atomic E-state index is -1.23. The number of ether oxygens (including phenoxy) is 4. The van der Waals surface area contributed by atoms with Crippen molar-refractivity contribution < 1.29 is 49.0 Å². The largest absolute Gasteiger partial charge is 0.507 e. The Bertz CT molecular complexity index is 2510. The Morgan fingerprint density at radius 2 is 1.14 bits per heavy atom. The van der Waals surface area contributed by atoms with Crippen molar-refractivity contribution in [2.45, 2.75) is 83.1 Å². The van der Waals surface area contributed by atoms with Crippen LogP contribution in [-0.2, 0) is 28.5 Å². The molecule has 49 heavy (non-hydrogen) atoms. The molecule has 6 atom stereocenters. The molecular weight excluding hydrogens is 644 g/mol. The van der Waals surface area contributed by atoms with Crippen LogP contribution >= 0.6 is 0 Å². The van der Waals surface area contributed by atoms with Crippen molar-refractivity contribution in [1.82, 2.24) is 0 Å². The molecule has 2 fully saturated rings. The van der Waals surface area contributed by atoms with Crippen LogP contribution in [0.5, 0.6) is 23.0 Å². The number of aromatic hydroxyl groups is 4. The maximum absolute atomic E-state index is 14.3. The Hall–Kier alpha value is -5.34. The van der Waals surface area contributed by atoms with Gasteiger partial charge in [-0.25, -0.2) is 0 Å². The third-order valence-electron chi connectivity index (χ3n) is 10.2. The molecule has 0 amide bonds. The van der Waals surface area contributed by atoms with Gasteiger partial charge in [-0.1, -0.05) is 13.8 Å². The molecule has 0 aromatic heterocycles. The van der Waals surface area contributed by atoms with Crippen LogP contribution in [0.1, 0.15) is 98.7 Å². The Labute approximate surface area is 274 Å². The van der Waals surface area contributed by atoms with Crippen LogP contribution in [0, 0.1) is 10.4 Å². The summed E-state index contributed by atoms with van der Waals surface area (Å²) in [6, 6.07) is 0.772. The van der Waals surface area contributed by atoms with E-state index < -0.39 is 132 Å². The van der Waals surface area contributed by atoms with Gasteiger partial charge >= 0.3 is 11.9 Å². The highest BCUT2D eigenvalue weighted by Gasteiger charge is 2.48. The quantitative estimate of drug-likeness (QED) is 0.178. The zero-order valence-corrected chi connectivity index (χ0v) is 26.4. The number of fused-ring (bicyclic) bond motifs is 7. The van der Waals surface area contributed by atoms with Crippen molar-refractivity contribution in [3.05, 3.63) is 85.2 Å². The molecule has 6 aliphatic rings. The fourth-order valence-corrected chi connectivity index (χ4v) is 8.19. The van der Waals surface area contributed by atoms with E-state index in [1.165, 1.54) is 6.92 Å². The normalized spacial score (nSPS) is 25.7. The first kappa shape index (κ1) is 31.0. The summed E-state index contributed by atoms with van der Waals surface area (Å²) in [6.07, 6.45) is -6.23. The average molecular weight is 673 g/mol. The third kappa shape index (κ3) is 3.89. The van der Waals surface area contributed by atoms with Gasteiger partial charge in [0.15, 0.2) is 33.9 Å². The number of hydrogen-bond acceptors (Lipinski definition) is 14. The second kappa shape index (κ2) is 10.1. The molecule has 4 aliphatic heterocycles. The molecule has 4 N–H and O–H groups in total. The lowest BCUT2D eigenvalue weighted by molar-refractivity contribution is -0.144. The van der Waals surface area contributed by atoms with Crippen molar-refractivity contribution in [1.29, 1.82) is 0 Å². The standard InChI is InChI=1S/C35H28O14/c1-8(2)17-20(31(43)24-23(28(17)40)33(45)26-19(30(24)42)10(4)47-14-7-16(38)49-35(14)26)11-5-12(36)21-22(27(11)39)29(41)18-9(3)46-13-6-15(37)48-34(13)25(18)32(21)44/h5,8-10,13-14,34-35,40,42-43,45H,6-7H2,1-4H3. The molecule has 2 aromatic rings. The Balaban J connectivity index is 1.48. The first-order valence-corrected chi connectivity index (χ1v) is 15.7. The summed E-state index contributed by atoms with van der Waals surface area (Å²) in [5, 5.41) is 44.5. The number of carbonyl (C=O) groups is 2. The lowest BCUT2D eigenvalue weighted by Crippen LogP contribution is -2.40. The number of hydrogen-bond donors (Lipinski definition) is 4. The lowest BCUT2D eigenvalue weighted by atomic mass is 9.82. The van der Waals surface area contributed by atoms with Gasteiger partial charge in [0.05, 0.1) is 51.8 Å². The Morgan fingerprint density at radius 3 is 1.73 bits per heavy atom. The highest BCUT2D eigenvalue weighted by molar-refractivity contribution is 6.09. The van der Waals surface area contributed by atoms with E-state index in [-0.39, 0.29) is 40.7 Å². The van der Waals surface area contributed by atoms with Gasteiger partial charge in [0.25, 0.3) is 0 Å². The van der Waals surface area contributed by atoms with Crippen LogP contribution in [-0.4, -0.2) is 44.6 Å². The van der Waals surface area contributed by atoms with E-state index in [0.717, 1.165) is 6.07 Å². The van der Waals surface area contributed by atoms with Crippen molar-refractivity contribution in [3.8, 4) is 34.1 Å². The first-order valence-electron chi connectivity index (χ1n) is 15.7. The molecule has 8 rings (SSSR count). The predicted molar refractivity (Wildman–Crippen MR) is 166 cm³/mol. The number of phenols is 4. The van der Waals surface area contributed by atoms with Crippen molar-refractivity contribution in [2.24, 2.45) is 0 Å². The molecule has 2 saturated heterocycles. The van der Waals surface area contributed by atoms with Crippen LogP contribution in [0.25, 0.3) is 21.9 Å². The van der Waals surface area contributed by atoms with Gasteiger partial charge in [-0.3, -0.25) is 28.8 Å². The van der Waals surface area contributed by atoms with E-state index in [1.807, 2.05) is 0 Å². The fourth-order valence-electron chi connectivity index (χ4n) is 8.19. The molecule has 4 heterocycles. The molecule has 14 heteroatoms. The van der Waals surface area contributed by atoms with Crippen molar-refractivity contribution >= 4 is 22.7 Å². The summed E-state index contributed by atoms with van der Waals surface area (Å²) in [7, 11) is 0. The maximum atomic E-state index is 14.3. The Kier molecular flexibility index (Phi) is 6.38. The van der Waals surface area contributed by atoms with Gasteiger partial charge in [-0.15, -0.1) is 0 Å². The summed E-state index contributed by atoms with van der Waals surface area (Å²) >= 11 is 0. The summed E-state index contributed by atoms with van der Waals surface area (Å²) in [5.74, 6) is -4.68. The van der Waals surface area contributed by atoms with E-state index in [1.54, 1.807) is 20.8 Å². The van der Waals surface area contributed by atoms with Crippen LogP contribution in [0.4, 0.5) is 0 Å². The van der Waals surface area contributed by atoms with Crippen molar-refractivity contribution in [2.75, 3.05) is 0 Å². The summed E-state index contributed by atoms with van der Waals surface area (Å²) in [5.41, 5.74) is -5.68. The molecule has 0 saturated carbocycles. The highest BCUT2D eigenvalue weighted by Crippen LogP contribution is 2.59. The minimum absolute atomic E-state index is 0.0101. The zero-order valence-electron chi connectivity index (χ0n) is 26.4. The van der Waals surface area contributed by atoms with Crippen LogP contribution in [0.3, 0.4) is 0 Å². The third-order valence-corrected chi connectivity index (χ3v) is 10.2. The summed E-state index contributed by atoms with van der Waals surface area (Å²) < 4.78 is 22.3. The van der Waals surface area contributed by atoms with E-state index in [2.05, 4.69) is 0 Å². The number of esters is 2. The molecule has 0 radical (unpaired) electrons. The maximum Gasteiger partial charge on any atom is 0.309 e. The van der Waals surface area contributed by atoms with Crippen LogP contribution < -0.4 is 21.7 Å². The smallest absolute Gasteiger partial charge is 0.309 e. The van der Waals surface area contributed by atoms with Crippen molar-refractivity contribution in [3.63, 3.8) is 0 Å². The molecular formula is C35H28O14. The summed E-state index contributed by atoms with van der Waals surface area (Å²) in [6.45, 7) is 6.20. The molecule has 0 spiro atoms. The molecule has 6 unspecified atom stereocenters. The lowest BCUT2D eigenvalue weighted by Gasteiger charge is -2.33. The number of carbonyl (C=O) groups excluding carboxylic acids is 2. The molecule has 14 nitrogen and oxygen atoms in total. The number of rotatable bonds is 2. The number of phenolic OH excluding ortho intramolecular Hbond substituents is 4. The summed E-state index contributed by atoms with van der Waals surface area (Å²) in [4.78, 5) is 80.1. The van der Waals surface area contributed by atoms with Gasteiger partial charge < -0.3 is 39.4 Å². The van der Waals surface area contributed by atoms with Gasteiger partial charge in [0, 0.05) is 33.4 Å². The van der Waals surface area contributed by atoms with Gasteiger partial charge in [0.2, 0.25) is 0 Å². The molecule has 2 aromatic carbocycles. The Morgan fingerprint density at radius 1 is 0.633 bits per heavy atom. The predicted octanol–water partition coefficient (Wildman–Crippen LogP) is 2.39. The van der Waals surface area contributed by atoms with Gasteiger partial charge in [0.1, 0.15) is 35.2 Å². The van der Waals surface area contributed by atoms with E-state index in [9.17, 15) is 49.2 Å². The second-order valence-electron chi connectivity index (χ2n) is 13.3. The SMILES string of the molecule is CC(C)c1c(-c2cc(=O)c3c(=O)c4c(c(=O)c=3c2=O)C(C)OC2CC(=O)OC42)c(O)c2c(O)c3c(c(O)c2c1O)C1OC(=O)CC1OC3C. The monoisotopic (exact) mass is 672 g/mol. The molecule has 252 valence electrons. The van der Waals surface area contributed by atoms with Crippen LogP contribution in [0.15, 0.2) is 25.2 Å². The average Bonchev–Trinajstić information content (AvgIpc) is 3.58. The van der Waals surface area contributed by atoms with Crippen LogP contribution in [0.2, 0.25) is 0 Å².